The zero-order valence-corrected chi connectivity index (χ0v) is 27.3. The van der Waals surface area contributed by atoms with Crippen molar-refractivity contribution >= 4 is 5.91 Å². The van der Waals surface area contributed by atoms with Gasteiger partial charge in [-0.25, -0.2) is 0 Å². The lowest BCUT2D eigenvalue weighted by Gasteiger charge is -2.39. The van der Waals surface area contributed by atoms with Gasteiger partial charge in [0.25, 0.3) is 5.91 Å². The first-order chi connectivity index (χ1) is 22.3. The highest BCUT2D eigenvalue weighted by atomic mass is 16.4. The molecule has 1 amide bonds. The van der Waals surface area contributed by atoms with Crippen molar-refractivity contribution in [3.05, 3.63) is 167 Å². The molecule has 1 aliphatic rings. The maximum atomic E-state index is 13.6. The van der Waals surface area contributed by atoms with Gasteiger partial charge in [0.1, 0.15) is 5.76 Å². The number of hydrogen-bond acceptors (Lipinski definition) is 4. The lowest BCUT2D eigenvalue weighted by Crippen LogP contribution is -2.49. The molecule has 0 unspecified atom stereocenters. The van der Waals surface area contributed by atoms with E-state index < -0.39 is 0 Å². The van der Waals surface area contributed by atoms with Crippen LogP contribution in [0.4, 0.5) is 0 Å². The zero-order valence-electron chi connectivity index (χ0n) is 27.3. The first kappa shape index (κ1) is 31.5. The predicted molar refractivity (Wildman–Crippen MR) is 185 cm³/mol. The highest BCUT2D eigenvalue weighted by molar-refractivity contribution is 5.91. The Balaban J connectivity index is 1.12. The van der Waals surface area contributed by atoms with Gasteiger partial charge in [0.15, 0.2) is 5.76 Å². The molecule has 0 radical (unpaired) electrons. The summed E-state index contributed by atoms with van der Waals surface area (Å²) in [5.74, 6) is 1.19. The maximum absolute atomic E-state index is 13.6. The van der Waals surface area contributed by atoms with Crippen LogP contribution >= 0.6 is 0 Å². The van der Waals surface area contributed by atoms with E-state index in [1.54, 1.807) is 0 Å². The van der Waals surface area contributed by atoms with Crippen LogP contribution in [0.3, 0.4) is 0 Å². The Morgan fingerprint density at radius 1 is 0.652 bits per heavy atom. The molecule has 5 heteroatoms. The fraction of sp³-hybridized carbons (Fsp3) is 0.293. The summed E-state index contributed by atoms with van der Waals surface area (Å²) in [6.07, 6.45) is 0. The van der Waals surface area contributed by atoms with Crippen LogP contribution in [0.25, 0.3) is 0 Å². The van der Waals surface area contributed by atoms with Gasteiger partial charge in [-0.15, -0.1) is 0 Å². The lowest BCUT2D eigenvalue weighted by atomic mass is 9.87. The summed E-state index contributed by atoms with van der Waals surface area (Å²) in [6, 6.07) is 44.7. The number of furan rings is 1. The van der Waals surface area contributed by atoms with E-state index in [1.807, 2.05) is 23.1 Å². The Morgan fingerprint density at radius 2 is 1.17 bits per heavy atom. The van der Waals surface area contributed by atoms with Gasteiger partial charge in [0, 0.05) is 39.3 Å². The van der Waals surface area contributed by atoms with Gasteiger partial charge in [-0.1, -0.05) is 136 Å². The molecule has 1 saturated heterocycles. The van der Waals surface area contributed by atoms with E-state index in [4.69, 9.17) is 4.42 Å². The Labute approximate surface area is 274 Å². The minimum atomic E-state index is -0.0331. The third-order valence-electron chi connectivity index (χ3n) is 8.92. The number of nitrogens with zero attached hydrogens (tertiary/aromatic N) is 3. The molecule has 2 heterocycles. The fourth-order valence-electron chi connectivity index (χ4n) is 6.40. The van der Waals surface area contributed by atoms with E-state index in [-0.39, 0.29) is 17.4 Å². The van der Waals surface area contributed by atoms with Gasteiger partial charge in [0.2, 0.25) is 0 Å². The van der Waals surface area contributed by atoms with E-state index in [2.05, 4.69) is 140 Å². The van der Waals surface area contributed by atoms with Gasteiger partial charge < -0.3 is 9.32 Å². The Kier molecular flexibility index (Phi) is 9.82. The van der Waals surface area contributed by atoms with Crippen molar-refractivity contribution in [2.75, 3.05) is 26.2 Å². The predicted octanol–water partition coefficient (Wildman–Crippen LogP) is 8.33. The third kappa shape index (κ3) is 7.85. The van der Waals surface area contributed by atoms with Crippen molar-refractivity contribution in [1.29, 1.82) is 0 Å². The average Bonchev–Trinajstić information content (AvgIpc) is 3.54. The molecule has 0 bridgehead atoms. The summed E-state index contributed by atoms with van der Waals surface area (Å²) in [5.41, 5.74) is 6.50. The van der Waals surface area contributed by atoms with Gasteiger partial charge >= 0.3 is 0 Å². The minimum Gasteiger partial charge on any atom is -0.455 e. The average molecular weight is 612 g/mol. The number of carbonyl (C=O) groups is 1. The van der Waals surface area contributed by atoms with Crippen molar-refractivity contribution in [1.82, 2.24) is 14.7 Å². The second kappa shape index (κ2) is 14.3. The molecule has 6 rings (SSSR count). The molecule has 0 N–H and O–H groups in total. The number of amides is 1. The standard InChI is InChI=1S/C41H45N3O2/c1-41(2,3)36-21-19-33(20-22-36)30-42(29-32-13-7-4-8-14-32)31-37-23-24-38(46-37)40(45)44-27-25-43(26-28-44)39(34-15-9-5-10-16-34)35-17-11-6-12-18-35/h4-24,39H,25-31H2,1-3H3. The highest BCUT2D eigenvalue weighted by Gasteiger charge is 2.29. The largest absolute Gasteiger partial charge is 0.455 e. The van der Waals surface area contributed by atoms with Crippen LogP contribution in [0.5, 0.6) is 0 Å². The first-order valence-electron chi connectivity index (χ1n) is 16.4. The third-order valence-corrected chi connectivity index (χ3v) is 8.92. The molecule has 5 nitrogen and oxygen atoms in total. The van der Waals surface area contributed by atoms with Crippen LogP contribution in [0.1, 0.15) is 70.9 Å². The summed E-state index contributed by atoms with van der Waals surface area (Å²) < 4.78 is 6.23. The summed E-state index contributed by atoms with van der Waals surface area (Å²) in [5, 5.41) is 0. The van der Waals surface area contributed by atoms with E-state index in [1.165, 1.54) is 27.8 Å². The van der Waals surface area contributed by atoms with Gasteiger partial charge in [-0.3, -0.25) is 14.6 Å². The van der Waals surface area contributed by atoms with Gasteiger partial charge in [-0.2, -0.15) is 0 Å². The van der Waals surface area contributed by atoms with Crippen molar-refractivity contribution < 1.29 is 9.21 Å². The molecule has 0 spiro atoms. The SMILES string of the molecule is CC(C)(C)c1ccc(CN(Cc2ccccc2)Cc2ccc(C(=O)N3CCN(C(c4ccccc4)c4ccccc4)CC3)o2)cc1. The molecular weight excluding hydrogens is 566 g/mol. The molecule has 46 heavy (non-hydrogen) atoms. The Hall–Kier alpha value is -4.45. The van der Waals surface area contributed by atoms with Crippen LogP contribution < -0.4 is 0 Å². The molecule has 5 aromatic rings. The van der Waals surface area contributed by atoms with E-state index in [0.717, 1.165) is 31.9 Å². The highest BCUT2D eigenvalue weighted by Crippen LogP contribution is 2.30. The van der Waals surface area contributed by atoms with E-state index in [9.17, 15) is 4.79 Å². The second-order valence-corrected chi connectivity index (χ2v) is 13.4. The van der Waals surface area contributed by atoms with Gasteiger partial charge in [0.05, 0.1) is 12.6 Å². The molecule has 4 aromatic carbocycles. The lowest BCUT2D eigenvalue weighted by molar-refractivity contribution is 0.0564. The maximum Gasteiger partial charge on any atom is 0.289 e. The Morgan fingerprint density at radius 3 is 1.72 bits per heavy atom. The number of rotatable bonds is 10. The molecule has 0 aliphatic carbocycles. The van der Waals surface area contributed by atoms with Crippen LogP contribution in [-0.2, 0) is 25.0 Å². The quantitative estimate of drug-likeness (QED) is 0.159. The minimum absolute atomic E-state index is 0.0331. The Bertz CT molecular complexity index is 1630. The molecule has 0 saturated carbocycles. The smallest absolute Gasteiger partial charge is 0.289 e. The first-order valence-corrected chi connectivity index (χ1v) is 16.4. The molecular formula is C41H45N3O2. The van der Waals surface area contributed by atoms with Crippen molar-refractivity contribution in [3.8, 4) is 0 Å². The van der Waals surface area contributed by atoms with Crippen molar-refractivity contribution in [2.24, 2.45) is 0 Å². The normalized spacial score (nSPS) is 14.2. The molecule has 236 valence electrons. The molecule has 1 aromatic heterocycles. The summed E-state index contributed by atoms with van der Waals surface area (Å²) in [7, 11) is 0. The summed E-state index contributed by atoms with van der Waals surface area (Å²) >= 11 is 0. The van der Waals surface area contributed by atoms with Gasteiger partial charge in [-0.05, 0) is 45.4 Å². The monoisotopic (exact) mass is 611 g/mol. The van der Waals surface area contributed by atoms with E-state index in [0.29, 0.717) is 25.4 Å². The van der Waals surface area contributed by atoms with Crippen molar-refractivity contribution in [2.45, 2.75) is 51.9 Å². The zero-order chi connectivity index (χ0) is 31.9. The molecule has 1 fully saturated rings. The molecule has 1 aliphatic heterocycles. The van der Waals surface area contributed by atoms with E-state index >= 15 is 0 Å². The number of carbonyl (C=O) groups excluding carboxylic acids is 1. The topological polar surface area (TPSA) is 39.9 Å². The summed E-state index contributed by atoms with van der Waals surface area (Å²) in [6.45, 7) is 11.8. The summed E-state index contributed by atoms with van der Waals surface area (Å²) in [4.78, 5) is 20.4. The van der Waals surface area contributed by atoms with Crippen LogP contribution in [0, 0.1) is 0 Å². The van der Waals surface area contributed by atoms with Crippen molar-refractivity contribution in [3.63, 3.8) is 0 Å². The van der Waals surface area contributed by atoms with Crippen LogP contribution in [0.15, 0.2) is 132 Å². The van der Waals surface area contributed by atoms with Crippen LogP contribution in [-0.4, -0.2) is 46.8 Å². The number of hydrogen-bond donors (Lipinski definition) is 0. The molecule has 0 atom stereocenters. The second-order valence-electron chi connectivity index (χ2n) is 13.4. The number of piperazine rings is 1. The van der Waals surface area contributed by atoms with Crippen LogP contribution in [0.2, 0.25) is 0 Å². The number of benzene rings is 4. The fourth-order valence-corrected chi connectivity index (χ4v) is 6.40.